The lowest BCUT2D eigenvalue weighted by Crippen LogP contribution is -2.62. The van der Waals surface area contributed by atoms with Gasteiger partial charge in [-0.3, -0.25) is 19.4 Å². The summed E-state index contributed by atoms with van der Waals surface area (Å²) in [6.07, 6.45) is 3.15. The summed E-state index contributed by atoms with van der Waals surface area (Å²) >= 11 is 6.80. The molecule has 5 rings (SSSR count). The number of carbonyl (C=O) groups excluding carboxylic acids is 2. The molecule has 2 saturated heterocycles. The molecule has 3 aliphatic heterocycles. The van der Waals surface area contributed by atoms with E-state index < -0.39 is 22.0 Å². The lowest BCUT2D eigenvalue weighted by molar-refractivity contribution is -0.138. The first-order valence-corrected chi connectivity index (χ1v) is 11.0. The van der Waals surface area contributed by atoms with Crippen molar-refractivity contribution in [2.75, 3.05) is 32.1 Å². The fourth-order valence-corrected chi connectivity index (χ4v) is 7.52. The van der Waals surface area contributed by atoms with Crippen LogP contribution in [0.1, 0.15) is 17.2 Å². The van der Waals surface area contributed by atoms with E-state index in [0.29, 0.717) is 27.9 Å². The molecule has 2 aromatic rings. The van der Waals surface area contributed by atoms with E-state index in [2.05, 4.69) is 6.58 Å². The minimum atomic E-state index is -1.43. The highest BCUT2D eigenvalue weighted by Crippen LogP contribution is 2.66. The third kappa shape index (κ3) is 2.29. The van der Waals surface area contributed by atoms with Crippen LogP contribution in [0.15, 0.2) is 53.7 Å². The lowest BCUT2D eigenvalue weighted by Gasteiger charge is -2.41. The van der Waals surface area contributed by atoms with Gasteiger partial charge in [0.05, 0.1) is 12.2 Å². The number of fused-ring (bicyclic) bond motifs is 3. The Labute approximate surface area is 188 Å². The van der Waals surface area contributed by atoms with Gasteiger partial charge in [0.1, 0.15) is 20.6 Å². The molecule has 0 aliphatic carbocycles. The number of nitrogens with zero attached hydrogens (tertiary/aromatic N) is 3. The topological polar surface area (TPSA) is 57.0 Å². The number of hydrogen-bond donors (Lipinski definition) is 0. The Morgan fingerprint density at radius 3 is 2.77 bits per heavy atom. The summed E-state index contributed by atoms with van der Waals surface area (Å²) in [6, 6.07) is 7.84. The van der Waals surface area contributed by atoms with Crippen LogP contribution in [0, 0.1) is 5.82 Å². The van der Waals surface area contributed by atoms with Crippen molar-refractivity contribution in [3.8, 4) is 0 Å². The molecule has 1 aromatic heterocycles. The third-order valence-corrected chi connectivity index (χ3v) is 8.55. The van der Waals surface area contributed by atoms with Gasteiger partial charge in [0.2, 0.25) is 5.91 Å². The van der Waals surface area contributed by atoms with Gasteiger partial charge in [-0.25, -0.2) is 4.39 Å². The molecular formula is C22H20FN3O3S2. The smallest absolute Gasteiger partial charge is 0.254 e. The molecule has 4 heterocycles. The molecule has 1 aromatic carbocycles. The Hall–Kier alpha value is -2.49. The number of thiocarbonyl (C=S) groups is 1. The van der Waals surface area contributed by atoms with Crippen LogP contribution in [0.5, 0.6) is 0 Å². The summed E-state index contributed by atoms with van der Waals surface area (Å²) in [5.74, 6) is -0.912. The molecule has 3 atom stereocenters. The number of likely N-dealkylation sites (N-methyl/N-ethyl adjacent to an activating group) is 2. The number of rotatable bonds is 3. The minimum Gasteiger partial charge on any atom is -0.469 e. The first kappa shape index (κ1) is 20.4. The van der Waals surface area contributed by atoms with Gasteiger partial charge in [-0.1, -0.05) is 30.1 Å². The standard InChI is InChI=1S/C22H20FN3O3S2/c1-4-9-26-19(28)22(31-20(26)30)15(17-6-5-10-29-17)12-24(2)21(22)14-11-13(23)7-8-16(14)25(3)18(21)27/h4-8,10-11,15H,1,9,12H2,2-3H3/t15-,21-,22+/m0/s1. The number of amides is 2. The van der Waals surface area contributed by atoms with Crippen molar-refractivity contribution in [2.45, 2.75) is 16.2 Å². The van der Waals surface area contributed by atoms with Crippen molar-refractivity contribution in [2.24, 2.45) is 0 Å². The third-order valence-electron chi connectivity index (χ3n) is 6.61. The van der Waals surface area contributed by atoms with Crippen LogP contribution in [0.2, 0.25) is 0 Å². The van der Waals surface area contributed by atoms with E-state index in [4.69, 9.17) is 16.6 Å². The number of carbonyl (C=O) groups is 2. The van der Waals surface area contributed by atoms with E-state index in [1.165, 1.54) is 33.7 Å². The summed E-state index contributed by atoms with van der Waals surface area (Å²) in [5.41, 5.74) is -0.377. The minimum absolute atomic E-state index is 0.233. The molecule has 2 amide bonds. The first-order chi connectivity index (χ1) is 14.8. The average Bonchev–Trinajstić information content (AvgIpc) is 3.45. The highest BCUT2D eigenvalue weighted by Gasteiger charge is 2.79. The van der Waals surface area contributed by atoms with Gasteiger partial charge in [-0.2, -0.15) is 0 Å². The van der Waals surface area contributed by atoms with Crippen LogP contribution >= 0.6 is 24.0 Å². The molecule has 9 heteroatoms. The maximum absolute atomic E-state index is 14.5. The largest absolute Gasteiger partial charge is 0.469 e. The van der Waals surface area contributed by atoms with Gasteiger partial charge in [0, 0.05) is 31.4 Å². The zero-order chi connectivity index (χ0) is 22.1. The van der Waals surface area contributed by atoms with Crippen molar-refractivity contribution in [3.63, 3.8) is 0 Å². The number of furan rings is 1. The van der Waals surface area contributed by atoms with Crippen molar-refractivity contribution in [1.29, 1.82) is 0 Å². The number of anilines is 1. The van der Waals surface area contributed by atoms with Crippen LogP contribution in [0.4, 0.5) is 10.1 Å². The van der Waals surface area contributed by atoms with Crippen molar-refractivity contribution < 1.29 is 18.4 Å². The molecule has 0 unspecified atom stereocenters. The quantitative estimate of drug-likeness (QED) is 0.522. The molecule has 0 radical (unpaired) electrons. The van der Waals surface area contributed by atoms with Crippen molar-refractivity contribution in [3.05, 3.63) is 66.4 Å². The highest BCUT2D eigenvalue weighted by atomic mass is 32.2. The van der Waals surface area contributed by atoms with Crippen LogP contribution in [0.3, 0.4) is 0 Å². The van der Waals surface area contributed by atoms with E-state index in [1.54, 1.807) is 38.6 Å². The molecule has 31 heavy (non-hydrogen) atoms. The molecule has 3 aliphatic rings. The number of halogens is 1. The van der Waals surface area contributed by atoms with Gasteiger partial charge < -0.3 is 9.32 Å². The van der Waals surface area contributed by atoms with E-state index >= 15 is 0 Å². The second kappa shape index (κ2) is 6.75. The van der Waals surface area contributed by atoms with Crippen molar-refractivity contribution in [1.82, 2.24) is 9.80 Å². The highest BCUT2D eigenvalue weighted by molar-refractivity contribution is 8.25. The fraction of sp³-hybridized carbons (Fsp3) is 0.318. The van der Waals surface area contributed by atoms with Gasteiger partial charge in [0.15, 0.2) is 5.54 Å². The summed E-state index contributed by atoms with van der Waals surface area (Å²) in [7, 11) is 3.45. The predicted octanol–water partition coefficient (Wildman–Crippen LogP) is 3.10. The predicted molar refractivity (Wildman–Crippen MR) is 120 cm³/mol. The second-order valence-corrected chi connectivity index (χ2v) is 9.87. The Bertz CT molecular complexity index is 1140. The number of thioether (sulfide) groups is 1. The van der Waals surface area contributed by atoms with Crippen LogP contribution in [-0.2, 0) is 15.1 Å². The lowest BCUT2D eigenvalue weighted by atomic mass is 9.73. The van der Waals surface area contributed by atoms with Gasteiger partial charge in [0.25, 0.3) is 5.91 Å². The Morgan fingerprint density at radius 2 is 2.10 bits per heavy atom. The maximum atomic E-state index is 14.5. The Kier molecular flexibility index (Phi) is 4.45. The Balaban J connectivity index is 1.85. The molecule has 6 nitrogen and oxygen atoms in total. The van der Waals surface area contributed by atoms with Gasteiger partial charge in [-0.05, 0) is 37.4 Å². The van der Waals surface area contributed by atoms with Crippen molar-refractivity contribution >= 4 is 45.8 Å². The summed E-state index contributed by atoms with van der Waals surface area (Å²) in [6.45, 7) is 4.34. The number of hydrogen-bond acceptors (Lipinski definition) is 6. The van der Waals surface area contributed by atoms with E-state index in [-0.39, 0.29) is 18.4 Å². The summed E-state index contributed by atoms with van der Waals surface area (Å²) in [4.78, 5) is 33.0. The van der Waals surface area contributed by atoms with Gasteiger partial charge >= 0.3 is 0 Å². The van der Waals surface area contributed by atoms with Crippen LogP contribution < -0.4 is 4.90 Å². The summed E-state index contributed by atoms with van der Waals surface area (Å²) in [5, 5.41) is 0. The second-order valence-electron chi connectivity index (χ2n) is 7.99. The average molecular weight is 458 g/mol. The molecular weight excluding hydrogens is 437 g/mol. The first-order valence-electron chi connectivity index (χ1n) is 9.79. The van der Waals surface area contributed by atoms with Crippen LogP contribution in [-0.4, -0.2) is 57.9 Å². The molecule has 0 N–H and O–H groups in total. The molecule has 0 bridgehead atoms. The zero-order valence-corrected chi connectivity index (χ0v) is 18.6. The summed E-state index contributed by atoms with van der Waals surface area (Å²) < 4.78 is 19.3. The Morgan fingerprint density at radius 1 is 1.32 bits per heavy atom. The molecule has 2 spiro atoms. The van der Waals surface area contributed by atoms with Crippen LogP contribution in [0.25, 0.3) is 0 Å². The molecule has 0 saturated carbocycles. The zero-order valence-electron chi connectivity index (χ0n) is 17.0. The monoisotopic (exact) mass is 457 g/mol. The normalized spacial score (nSPS) is 30.3. The number of likely N-dealkylation sites (tertiary alicyclic amines) is 1. The van der Waals surface area contributed by atoms with E-state index in [0.717, 1.165) is 0 Å². The molecule has 160 valence electrons. The van der Waals surface area contributed by atoms with E-state index in [9.17, 15) is 14.0 Å². The van der Waals surface area contributed by atoms with E-state index in [1.807, 2.05) is 11.0 Å². The number of benzene rings is 1. The SMILES string of the molecule is C=CCN1C(=O)[C@]2(SC1=S)[C@H](c1ccco1)CN(C)[C@@]21C(=O)N(C)c2ccc(F)cc21. The maximum Gasteiger partial charge on any atom is 0.254 e. The molecule has 2 fully saturated rings. The fourth-order valence-electron chi connectivity index (χ4n) is 5.40. The van der Waals surface area contributed by atoms with Gasteiger partial charge in [-0.15, -0.1) is 6.58 Å².